The van der Waals surface area contributed by atoms with E-state index in [1.807, 2.05) is 29.6 Å². The lowest BCUT2D eigenvalue weighted by atomic mass is 10.1. The molecule has 3 heterocycles. The van der Waals surface area contributed by atoms with Gasteiger partial charge in [0.25, 0.3) is 5.56 Å². The zero-order chi connectivity index (χ0) is 19.8. The Balaban J connectivity index is 1.34. The van der Waals surface area contributed by atoms with Gasteiger partial charge in [-0.25, -0.2) is 10.1 Å². The van der Waals surface area contributed by atoms with Crippen molar-refractivity contribution in [3.8, 4) is 22.8 Å². The summed E-state index contributed by atoms with van der Waals surface area (Å²) in [6.07, 6.45) is 0.0240. The Morgan fingerprint density at radius 1 is 1.14 bits per heavy atom. The van der Waals surface area contributed by atoms with E-state index in [0.29, 0.717) is 33.1 Å². The molecule has 29 heavy (non-hydrogen) atoms. The van der Waals surface area contributed by atoms with Crippen molar-refractivity contribution in [2.75, 3.05) is 12.1 Å². The minimum absolute atomic E-state index is 0.0240. The number of carbonyl (C=O) groups excluding carboxylic acids is 1. The molecule has 9 heteroatoms. The number of aromatic amines is 1. The molecule has 0 bridgehead atoms. The standard InChI is InChI=1S/C20H14N4O4S/c25-18(8-14-12-3-1-2-4-13(12)19(26)24-23-14)22-20-21-15(9-29-20)11-5-6-16-17(7-11)28-10-27-16/h1-7,9H,8,10H2,(H,24,26)(H,21,22,25). The predicted octanol–water partition coefficient (Wildman–Crippen LogP) is 2.96. The molecule has 0 aliphatic carbocycles. The molecule has 144 valence electrons. The van der Waals surface area contributed by atoms with Crippen LogP contribution in [0.1, 0.15) is 5.69 Å². The highest BCUT2D eigenvalue weighted by Gasteiger charge is 2.16. The number of rotatable bonds is 4. The van der Waals surface area contributed by atoms with E-state index < -0.39 is 0 Å². The summed E-state index contributed by atoms with van der Waals surface area (Å²) in [5.41, 5.74) is 1.83. The number of hydrogen-bond acceptors (Lipinski definition) is 7. The van der Waals surface area contributed by atoms with Gasteiger partial charge in [0.1, 0.15) is 0 Å². The van der Waals surface area contributed by atoms with Crippen LogP contribution in [0.25, 0.3) is 22.0 Å². The minimum Gasteiger partial charge on any atom is -0.454 e. The Bertz CT molecular complexity index is 1300. The first-order valence-electron chi connectivity index (χ1n) is 8.79. The molecule has 2 N–H and O–H groups in total. The van der Waals surface area contributed by atoms with Crippen LogP contribution in [-0.4, -0.2) is 27.9 Å². The van der Waals surface area contributed by atoms with Crippen molar-refractivity contribution in [2.45, 2.75) is 6.42 Å². The van der Waals surface area contributed by atoms with E-state index in [4.69, 9.17) is 9.47 Å². The lowest BCUT2D eigenvalue weighted by Crippen LogP contribution is -2.18. The number of thiazole rings is 1. The second-order valence-electron chi connectivity index (χ2n) is 6.38. The van der Waals surface area contributed by atoms with E-state index in [-0.39, 0.29) is 24.7 Å². The first-order valence-corrected chi connectivity index (χ1v) is 9.67. The summed E-state index contributed by atoms with van der Waals surface area (Å²) in [6.45, 7) is 0.213. The fraction of sp³-hybridized carbons (Fsp3) is 0.100. The molecular formula is C20H14N4O4S. The maximum Gasteiger partial charge on any atom is 0.272 e. The molecule has 0 spiro atoms. The van der Waals surface area contributed by atoms with Crippen LogP contribution < -0.4 is 20.3 Å². The predicted molar refractivity (Wildman–Crippen MR) is 108 cm³/mol. The molecular weight excluding hydrogens is 392 g/mol. The number of amides is 1. The van der Waals surface area contributed by atoms with E-state index in [9.17, 15) is 9.59 Å². The Morgan fingerprint density at radius 2 is 1.97 bits per heavy atom. The Labute approximate surface area is 168 Å². The van der Waals surface area contributed by atoms with Crippen molar-refractivity contribution in [3.63, 3.8) is 0 Å². The van der Waals surface area contributed by atoms with Crippen LogP contribution in [0, 0.1) is 0 Å². The smallest absolute Gasteiger partial charge is 0.272 e. The van der Waals surface area contributed by atoms with Gasteiger partial charge in [-0.05, 0) is 24.3 Å². The van der Waals surface area contributed by atoms with Gasteiger partial charge in [0.15, 0.2) is 16.6 Å². The summed E-state index contributed by atoms with van der Waals surface area (Å²) >= 11 is 1.33. The zero-order valence-electron chi connectivity index (χ0n) is 15.0. The Morgan fingerprint density at radius 3 is 2.86 bits per heavy atom. The molecule has 0 saturated heterocycles. The van der Waals surface area contributed by atoms with Crippen molar-refractivity contribution in [1.82, 2.24) is 15.2 Å². The third-order valence-corrected chi connectivity index (χ3v) is 5.28. The molecule has 1 aliphatic heterocycles. The molecule has 0 fully saturated rings. The number of aromatic nitrogens is 3. The van der Waals surface area contributed by atoms with Crippen LogP contribution in [-0.2, 0) is 11.2 Å². The Kier molecular flexibility index (Phi) is 4.21. The number of carbonyl (C=O) groups is 1. The Hall–Kier alpha value is -3.72. The highest BCUT2D eigenvalue weighted by molar-refractivity contribution is 7.14. The van der Waals surface area contributed by atoms with Crippen molar-refractivity contribution in [2.24, 2.45) is 0 Å². The summed E-state index contributed by atoms with van der Waals surface area (Å²) in [7, 11) is 0. The van der Waals surface area contributed by atoms with Gasteiger partial charge in [-0.2, -0.15) is 5.10 Å². The monoisotopic (exact) mass is 406 g/mol. The summed E-state index contributed by atoms with van der Waals surface area (Å²) in [5.74, 6) is 1.12. The first kappa shape index (κ1) is 17.4. The number of fused-ring (bicyclic) bond motifs is 2. The fourth-order valence-corrected chi connectivity index (χ4v) is 3.88. The number of H-pyrrole nitrogens is 1. The highest BCUT2D eigenvalue weighted by atomic mass is 32.1. The number of hydrogen-bond donors (Lipinski definition) is 2. The molecule has 1 amide bonds. The molecule has 0 radical (unpaired) electrons. The first-order chi connectivity index (χ1) is 14.2. The maximum atomic E-state index is 12.5. The molecule has 0 unspecified atom stereocenters. The average molecular weight is 406 g/mol. The minimum atomic E-state index is -0.280. The normalized spacial score (nSPS) is 12.3. The van der Waals surface area contributed by atoms with E-state index in [0.717, 1.165) is 11.3 Å². The van der Waals surface area contributed by atoms with Gasteiger partial charge >= 0.3 is 0 Å². The van der Waals surface area contributed by atoms with Gasteiger partial charge in [-0.15, -0.1) is 11.3 Å². The summed E-state index contributed by atoms with van der Waals surface area (Å²) < 4.78 is 10.7. The van der Waals surface area contributed by atoms with Gasteiger partial charge in [0, 0.05) is 16.3 Å². The van der Waals surface area contributed by atoms with E-state index in [1.54, 1.807) is 18.2 Å². The third kappa shape index (κ3) is 3.32. The molecule has 2 aromatic carbocycles. The summed E-state index contributed by atoms with van der Waals surface area (Å²) in [5, 5.41) is 12.8. The van der Waals surface area contributed by atoms with Crippen LogP contribution in [0.5, 0.6) is 11.5 Å². The van der Waals surface area contributed by atoms with Crippen molar-refractivity contribution < 1.29 is 14.3 Å². The van der Waals surface area contributed by atoms with E-state index in [1.165, 1.54) is 11.3 Å². The number of nitrogens with one attached hydrogen (secondary N) is 2. The van der Waals surface area contributed by atoms with Crippen LogP contribution in [0.2, 0.25) is 0 Å². The lowest BCUT2D eigenvalue weighted by molar-refractivity contribution is -0.115. The summed E-state index contributed by atoms with van der Waals surface area (Å²) in [6, 6.07) is 12.7. The molecule has 0 atom stereocenters. The quantitative estimate of drug-likeness (QED) is 0.540. The number of anilines is 1. The van der Waals surface area contributed by atoms with Crippen LogP contribution in [0.3, 0.4) is 0 Å². The van der Waals surface area contributed by atoms with E-state index in [2.05, 4.69) is 20.5 Å². The van der Waals surface area contributed by atoms with E-state index >= 15 is 0 Å². The highest BCUT2D eigenvalue weighted by Crippen LogP contribution is 2.36. The van der Waals surface area contributed by atoms with Gasteiger partial charge < -0.3 is 14.8 Å². The lowest BCUT2D eigenvalue weighted by Gasteiger charge is -2.05. The fourth-order valence-electron chi connectivity index (χ4n) is 3.14. The van der Waals surface area contributed by atoms with Crippen molar-refractivity contribution >= 4 is 33.1 Å². The van der Waals surface area contributed by atoms with Crippen molar-refractivity contribution in [1.29, 1.82) is 0 Å². The second-order valence-corrected chi connectivity index (χ2v) is 7.23. The van der Waals surface area contributed by atoms with Crippen LogP contribution >= 0.6 is 11.3 Å². The van der Waals surface area contributed by atoms with Gasteiger partial charge in [-0.1, -0.05) is 18.2 Å². The maximum absolute atomic E-state index is 12.5. The molecule has 0 saturated carbocycles. The number of ether oxygens (including phenoxy) is 2. The zero-order valence-corrected chi connectivity index (χ0v) is 15.8. The van der Waals surface area contributed by atoms with Gasteiger partial charge in [0.05, 0.1) is 23.2 Å². The topological polar surface area (TPSA) is 106 Å². The van der Waals surface area contributed by atoms with Gasteiger partial charge in [0.2, 0.25) is 12.7 Å². The largest absolute Gasteiger partial charge is 0.454 e. The van der Waals surface area contributed by atoms with Crippen LogP contribution in [0.15, 0.2) is 52.6 Å². The number of nitrogens with zero attached hydrogens (tertiary/aromatic N) is 2. The number of benzene rings is 2. The molecule has 1 aliphatic rings. The van der Waals surface area contributed by atoms with Gasteiger partial charge in [-0.3, -0.25) is 9.59 Å². The van der Waals surface area contributed by atoms with Crippen LogP contribution in [0.4, 0.5) is 5.13 Å². The average Bonchev–Trinajstić information content (AvgIpc) is 3.39. The molecule has 5 rings (SSSR count). The van der Waals surface area contributed by atoms with Crippen molar-refractivity contribution in [3.05, 3.63) is 63.9 Å². The second kappa shape index (κ2) is 7.02. The third-order valence-electron chi connectivity index (χ3n) is 4.52. The SMILES string of the molecule is O=C(Cc1n[nH]c(=O)c2ccccc12)Nc1nc(-c2ccc3c(c2)OCO3)cs1. The summed E-state index contributed by atoms with van der Waals surface area (Å²) in [4.78, 5) is 28.8. The molecule has 8 nitrogen and oxygen atoms in total. The molecule has 2 aromatic heterocycles. The molecule has 4 aromatic rings.